The van der Waals surface area contributed by atoms with Crippen molar-refractivity contribution in [3.05, 3.63) is 21.3 Å². The fourth-order valence-electron chi connectivity index (χ4n) is 1.41. The molecule has 6 heteroatoms. The molecule has 94 valence electrons. The molecule has 0 bridgehead atoms. The number of hydrogen-bond acceptors (Lipinski definition) is 3. The van der Waals surface area contributed by atoms with E-state index >= 15 is 0 Å². The van der Waals surface area contributed by atoms with E-state index in [4.69, 9.17) is 16.7 Å². The Labute approximate surface area is 109 Å². The first-order valence-electron chi connectivity index (χ1n) is 5.30. The maximum absolute atomic E-state index is 11.7. The van der Waals surface area contributed by atoms with Crippen molar-refractivity contribution in [3.8, 4) is 0 Å². The van der Waals surface area contributed by atoms with E-state index in [0.717, 1.165) is 6.42 Å². The Morgan fingerprint density at radius 2 is 2.29 bits per heavy atom. The Hall–Kier alpha value is -1.07. The molecule has 0 fully saturated rings. The van der Waals surface area contributed by atoms with Crippen molar-refractivity contribution in [2.45, 2.75) is 19.8 Å². The number of aliphatic carboxylic acids is 1. The summed E-state index contributed by atoms with van der Waals surface area (Å²) >= 11 is 7.05. The molecular formula is C11H14ClNO3S. The molecule has 0 aliphatic carbocycles. The average molecular weight is 276 g/mol. The average Bonchev–Trinajstić information content (AvgIpc) is 2.69. The van der Waals surface area contributed by atoms with Gasteiger partial charge in [-0.05, 0) is 17.9 Å². The van der Waals surface area contributed by atoms with Gasteiger partial charge in [-0.15, -0.1) is 11.3 Å². The monoisotopic (exact) mass is 275 g/mol. The zero-order valence-corrected chi connectivity index (χ0v) is 11.0. The maximum atomic E-state index is 11.7. The smallest absolute Gasteiger partial charge is 0.308 e. The topological polar surface area (TPSA) is 66.4 Å². The van der Waals surface area contributed by atoms with Crippen LogP contribution in [0.4, 0.5) is 0 Å². The van der Waals surface area contributed by atoms with Gasteiger partial charge in [0, 0.05) is 6.54 Å². The lowest BCUT2D eigenvalue weighted by molar-refractivity contribution is -0.141. The van der Waals surface area contributed by atoms with Crippen molar-refractivity contribution in [3.63, 3.8) is 0 Å². The van der Waals surface area contributed by atoms with Gasteiger partial charge in [-0.1, -0.05) is 24.9 Å². The number of thiophene rings is 1. The summed E-state index contributed by atoms with van der Waals surface area (Å²) in [5, 5.41) is 13.6. The molecule has 0 saturated heterocycles. The number of amides is 1. The first-order valence-corrected chi connectivity index (χ1v) is 6.56. The van der Waals surface area contributed by atoms with Crippen molar-refractivity contribution >= 4 is 34.8 Å². The molecule has 1 unspecified atom stereocenters. The van der Waals surface area contributed by atoms with Crippen molar-refractivity contribution in [2.75, 3.05) is 6.54 Å². The van der Waals surface area contributed by atoms with Gasteiger partial charge < -0.3 is 10.4 Å². The van der Waals surface area contributed by atoms with Gasteiger partial charge in [0.05, 0.1) is 10.9 Å². The summed E-state index contributed by atoms with van der Waals surface area (Å²) in [6, 6.07) is 1.64. The Morgan fingerprint density at radius 1 is 1.59 bits per heavy atom. The summed E-state index contributed by atoms with van der Waals surface area (Å²) < 4.78 is 0. The molecule has 17 heavy (non-hydrogen) atoms. The van der Waals surface area contributed by atoms with Crippen LogP contribution >= 0.6 is 22.9 Å². The van der Waals surface area contributed by atoms with Gasteiger partial charge in [-0.2, -0.15) is 0 Å². The SMILES string of the molecule is CCCC(CNC(=O)c1sccc1Cl)C(=O)O. The van der Waals surface area contributed by atoms with Crippen molar-refractivity contribution in [2.24, 2.45) is 5.92 Å². The number of halogens is 1. The summed E-state index contributed by atoms with van der Waals surface area (Å²) in [6.45, 7) is 2.05. The van der Waals surface area contributed by atoms with Crippen LogP contribution in [0.5, 0.6) is 0 Å². The van der Waals surface area contributed by atoms with Crippen LogP contribution in [0.2, 0.25) is 5.02 Å². The van der Waals surface area contributed by atoms with E-state index in [2.05, 4.69) is 5.32 Å². The van der Waals surface area contributed by atoms with Gasteiger partial charge in [0.25, 0.3) is 5.91 Å². The lowest BCUT2D eigenvalue weighted by Gasteiger charge is -2.11. The Bertz CT molecular complexity index is 405. The third-order valence-electron chi connectivity index (χ3n) is 2.32. The summed E-state index contributed by atoms with van der Waals surface area (Å²) in [4.78, 5) is 23.0. The number of nitrogens with one attached hydrogen (secondary N) is 1. The molecule has 0 aromatic carbocycles. The standard InChI is InChI=1S/C11H14ClNO3S/c1-2-3-7(11(15)16)6-13-10(14)9-8(12)4-5-17-9/h4-5,7H,2-3,6H2,1H3,(H,13,14)(H,15,16). The lowest BCUT2D eigenvalue weighted by Crippen LogP contribution is -2.32. The summed E-state index contributed by atoms with van der Waals surface area (Å²) in [7, 11) is 0. The molecule has 1 amide bonds. The Morgan fingerprint density at radius 3 is 2.76 bits per heavy atom. The number of carboxylic acids is 1. The largest absolute Gasteiger partial charge is 0.481 e. The number of carbonyl (C=O) groups is 2. The molecule has 4 nitrogen and oxygen atoms in total. The van der Waals surface area contributed by atoms with Crippen molar-refractivity contribution < 1.29 is 14.7 Å². The second kappa shape index (κ2) is 6.61. The zero-order valence-electron chi connectivity index (χ0n) is 9.40. The van der Waals surface area contributed by atoms with Crippen LogP contribution in [-0.2, 0) is 4.79 Å². The minimum atomic E-state index is -0.885. The van der Waals surface area contributed by atoms with E-state index in [1.165, 1.54) is 11.3 Å². The molecule has 0 saturated carbocycles. The summed E-state index contributed by atoms with van der Waals surface area (Å²) in [6.07, 6.45) is 1.32. The van der Waals surface area contributed by atoms with Crippen LogP contribution in [0.3, 0.4) is 0 Å². The van der Waals surface area contributed by atoms with Crippen LogP contribution in [0.1, 0.15) is 29.4 Å². The van der Waals surface area contributed by atoms with E-state index < -0.39 is 11.9 Å². The maximum Gasteiger partial charge on any atom is 0.308 e. The predicted octanol–water partition coefficient (Wildman–Crippen LogP) is 2.63. The molecule has 0 aliphatic heterocycles. The van der Waals surface area contributed by atoms with E-state index in [-0.39, 0.29) is 12.5 Å². The fraction of sp³-hybridized carbons (Fsp3) is 0.455. The van der Waals surface area contributed by atoms with E-state index in [9.17, 15) is 9.59 Å². The molecule has 2 N–H and O–H groups in total. The molecule has 0 aliphatic rings. The van der Waals surface area contributed by atoms with Crippen LogP contribution < -0.4 is 5.32 Å². The van der Waals surface area contributed by atoms with Crippen LogP contribution in [0.25, 0.3) is 0 Å². The first kappa shape index (κ1) is 14.0. The minimum absolute atomic E-state index is 0.135. The quantitative estimate of drug-likeness (QED) is 0.839. The van der Waals surface area contributed by atoms with Crippen LogP contribution in [0, 0.1) is 5.92 Å². The van der Waals surface area contributed by atoms with Crippen molar-refractivity contribution in [1.82, 2.24) is 5.32 Å². The van der Waals surface area contributed by atoms with Gasteiger partial charge in [0.2, 0.25) is 0 Å². The van der Waals surface area contributed by atoms with Crippen LogP contribution in [0.15, 0.2) is 11.4 Å². The highest BCUT2D eigenvalue weighted by atomic mass is 35.5. The normalized spacial score (nSPS) is 12.1. The Kier molecular flexibility index (Phi) is 5.44. The zero-order chi connectivity index (χ0) is 12.8. The van der Waals surface area contributed by atoms with Gasteiger partial charge in [0.15, 0.2) is 0 Å². The molecule has 0 spiro atoms. The summed E-state index contributed by atoms with van der Waals surface area (Å²) in [5.74, 6) is -1.74. The van der Waals surface area contributed by atoms with Crippen molar-refractivity contribution in [1.29, 1.82) is 0 Å². The number of carboxylic acid groups (broad SMARTS) is 1. The number of carbonyl (C=O) groups excluding carboxylic acids is 1. The third-order valence-corrected chi connectivity index (χ3v) is 3.66. The molecule has 1 rings (SSSR count). The van der Waals surface area contributed by atoms with E-state index in [1.807, 2.05) is 6.92 Å². The summed E-state index contributed by atoms with van der Waals surface area (Å²) in [5.41, 5.74) is 0. The first-order chi connectivity index (χ1) is 8.06. The molecular weight excluding hydrogens is 262 g/mol. The lowest BCUT2D eigenvalue weighted by atomic mass is 10.0. The second-order valence-electron chi connectivity index (χ2n) is 3.63. The molecule has 1 atom stereocenters. The van der Waals surface area contributed by atoms with Gasteiger partial charge in [0.1, 0.15) is 4.88 Å². The second-order valence-corrected chi connectivity index (χ2v) is 4.95. The number of rotatable bonds is 6. The fourth-order valence-corrected chi connectivity index (χ4v) is 2.47. The molecule has 1 heterocycles. The van der Waals surface area contributed by atoms with Crippen LogP contribution in [-0.4, -0.2) is 23.5 Å². The molecule has 1 aromatic heterocycles. The molecule has 0 radical (unpaired) electrons. The predicted molar refractivity (Wildman–Crippen MR) is 67.7 cm³/mol. The van der Waals surface area contributed by atoms with E-state index in [0.29, 0.717) is 16.3 Å². The highest BCUT2D eigenvalue weighted by Crippen LogP contribution is 2.21. The third kappa shape index (κ3) is 4.02. The van der Waals surface area contributed by atoms with Gasteiger partial charge in [-0.25, -0.2) is 0 Å². The van der Waals surface area contributed by atoms with Gasteiger partial charge >= 0.3 is 5.97 Å². The van der Waals surface area contributed by atoms with E-state index in [1.54, 1.807) is 11.4 Å². The minimum Gasteiger partial charge on any atom is -0.481 e. The number of hydrogen-bond donors (Lipinski definition) is 2. The highest BCUT2D eigenvalue weighted by Gasteiger charge is 2.18. The Balaban J connectivity index is 2.52. The van der Waals surface area contributed by atoms with Gasteiger partial charge in [-0.3, -0.25) is 9.59 Å². The highest BCUT2D eigenvalue weighted by molar-refractivity contribution is 7.12. The molecule has 1 aromatic rings.